The summed E-state index contributed by atoms with van der Waals surface area (Å²) in [5, 5.41) is -2.85. The number of halogens is 21. The highest BCUT2D eigenvalue weighted by Gasteiger charge is 2.98. The molecular formula is C12H3ClF20. The molecule has 0 spiro atoms. The number of allylic oxidation sites excluding steroid dienone is 1. The Balaban J connectivity index is 7.46. The Morgan fingerprint density at radius 1 is 0.576 bits per heavy atom. The molecule has 198 valence electrons. The Labute approximate surface area is 172 Å². The van der Waals surface area contributed by atoms with Gasteiger partial charge in [-0.15, -0.1) is 0 Å². The van der Waals surface area contributed by atoms with Crippen LogP contribution in [0.5, 0.6) is 0 Å². The summed E-state index contributed by atoms with van der Waals surface area (Å²) in [7, 11) is 0. The van der Waals surface area contributed by atoms with E-state index in [0.717, 1.165) is 0 Å². The standard InChI is InChI=1S/C12H3ClF20/c13-2(1-14)3(15)6(19,20)10(26,27)9(24,25)5(18,4(16)17)8(22,23)7(21,11(28,29)30)12(31,32)33/h1,3-4H. The monoisotopic (exact) mass is 562 g/mol. The van der Waals surface area contributed by atoms with Gasteiger partial charge in [0.25, 0.3) is 6.43 Å². The van der Waals surface area contributed by atoms with E-state index in [1.165, 1.54) is 0 Å². The number of hydrogen-bond acceptors (Lipinski definition) is 0. The van der Waals surface area contributed by atoms with Crippen LogP contribution in [-0.4, -0.2) is 60.0 Å². The largest absolute Gasteiger partial charge is 0.437 e. The Kier molecular flexibility index (Phi) is 8.04. The maximum Gasteiger partial charge on any atom is 0.437 e. The van der Waals surface area contributed by atoms with E-state index in [1.807, 2.05) is 0 Å². The first kappa shape index (κ1) is 31.6. The van der Waals surface area contributed by atoms with Gasteiger partial charge in [0.2, 0.25) is 6.17 Å². The van der Waals surface area contributed by atoms with Crippen molar-refractivity contribution in [1.29, 1.82) is 0 Å². The molecule has 0 nitrogen and oxygen atoms in total. The molecule has 0 saturated heterocycles. The van der Waals surface area contributed by atoms with Crippen molar-refractivity contribution in [2.24, 2.45) is 0 Å². The summed E-state index contributed by atoms with van der Waals surface area (Å²) in [6.45, 7) is 0. The summed E-state index contributed by atoms with van der Waals surface area (Å²) in [6.07, 6.45) is -30.6. The van der Waals surface area contributed by atoms with Crippen LogP contribution in [0.4, 0.5) is 87.8 Å². The fourth-order valence-corrected chi connectivity index (χ4v) is 2.20. The minimum Gasteiger partial charge on any atom is -0.234 e. The predicted octanol–water partition coefficient (Wildman–Crippen LogP) is 7.72. The average molecular weight is 563 g/mol. The van der Waals surface area contributed by atoms with Gasteiger partial charge in [-0.1, -0.05) is 11.6 Å². The fraction of sp³-hybridized carbons (Fsp3) is 0.833. The first-order valence-corrected chi connectivity index (χ1v) is 7.37. The molecule has 0 radical (unpaired) electrons. The maximum absolute atomic E-state index is 14.1. The number of rotatable bonds is 8. The first-order valence-electron chi connectivity index (χ1n) is 6.99. The topological polar surface area (TPSA) is 0 Å². The summed E-state index contributed by atoms with van der Waals surface area (Å²) >= 11 is 4.22. The van der Waals surface area contributed by atoms with Gasteiger partial charge in [0.15, 0.2) is 0 Å². The summed E-state index contributed by atoms with van der Waals surface area (Å²) in [4.78, 5) is 0. The second kappa shape index (κ2) is 8.39. The summed E-state index contributed by atoms with van der Waals surface area (Å²) in [5.74, 6) is -33.9. The Morgan fingerprint density at radius 2 is 0.909 bits per heavy atom. The first-order chi connectivity index (χ1) is 14.1. The Hall–Kier alpha value is -1.37. The SMILES string of the molecule is FC=C(Cl)C(F)C(F)(F)C(F)(F)C(F)(F)C(F)(C(F)F)C(F)(F)C(F)(C(F)(F)F)C(F)(F)F. The molecule has 0 saturated carbocycles. The van der Waals surface area contributed by atoms with Gasteiger partial charge in [-0.2, -0.15) is 61.5 Å². The van der Waals surface area contributed by atoms with E-state index in [9.17, 15) is 87.8 Å². The lowest BCUT2D eigenvalue weighted by Gasteiger charge is -2.47. The van der Waals surface area contributed by atoms with Crippen LogP contribution in [0.1, 0.15) is 0 Å². The van der Waals surface area contributed by atoms with Crippen molar-refractivity contribution in [3.05, 3.63) is 11.4 Å². The Bertz CT molecular complexity index is 716. The second-order valence-corrected chi connectivity index (χ2v) is 6.31. The van der Waals surface area contributed by atoms with E-state index in [0.29, 0.717) is 0 Å². The number of alkyl halides is 19. The normalized spacial score (nSPS) is 19.0. The summed E-state index contributed by atoms with van der Waals surface area (Å²) < 4.78 is 261. The van der Waals surface area contributed by atoms with E-state index >= 15 is 0 Å². The predicted molar refractivity (Wildman–Crippen MR) is 65.5 cm³/mol. The van der Waals surface area contributed by atoms with Crippen LogP contribution in [0.15, 0.2) is 11.4 Å². The van der Waals surface area contributed by atoms with Gasteiger partial charge in [0, 0.05) is 0 Å². The van der Waals surface area contributed by atoms with E-state index in [-0.39, 0.29) is 0 Å². The minimum atomic E-state index is -9.06. The quantitative estimate of drug-likeness (QED) is 0.266. The van der Waals surface area contributed by atoms with Crippen LogP contribution < -0.4 is 0 Å². The zero-order valence-electron chi connectivity index (χ0n) is 14.2. The molecule has 0 bridgehead atoms. The van der Waals surface area contributed by atoms with E-state index in [4.69, 9.17) is 0 Å². The maximum atomic E-state index is 14.1. The molecule has 2 atom stereocenters. The van der Waals surface area contributed by atoms with Gasteiger partial charge in [0.05, 0.1) is 5.03 Å². The highest BCUT2D eigenvalue weighted by atomic mass is 35.5. The lowest BCUT2D eigenvalue weighted by Crippen LogP contribution is -2.80. The smallest absolute Gasteiger partial charge is 0.234 e. The van der Waals surface area contributed by atoms with Gasteiger partial charge in [-0.05, 0) is 0 Å². The van der Waals surface area contributed by atoms with E-state index < -0.39 is 71.3 Å². The molecule has 0 aliphatic rings. The van der Waals surface area contributed by atoms with Gasteiger partial charge >= 0.3 is 47.4 Å². The van der Waals surface area contributed by atoms with Crippen molar-refractivity contribution < 1.29 is 87.8 Å². The molecule has 0 rings (SSSR count). The third kappa shape index (κ3) is 3.96. The third-order valence-corrected chi connectivity index (χ3v) is 4.18. The van der Waals surface area contributed by atoms with Crippen LogP contribution >= 0.6 is 11.6 Å². The fourth-order valence-electron chi connectivity index (χ4n) is 2.06. The lowest BCUT2D eigenvalue weighted by atomic mass is 9.76. The second-order valence-electron chi connectivity index (χ2n) is 5.87. The molecule has 0 amide bonds. The van der Waals surface area contributed by atoms with Crippen LogP contribution in [0.2, 0.25) is 0 Å². The van der Waals surface area contributed by atoms with E-state index in [2.05, 4.69) is 11.6 Å². The zero-order chi connectivity index (χ0) is 27.4. The highest BCUT2D eigenvalue weighted by Crippen LogP contribution is 2.66. The molecular weight excluding hydrogens is 560 g/mol. The molecule has 0 fully saturated rings. The van der Waals surface area contributed by atoms with Gasteiger partial charge < -0.3 is 0 Å². The van der Waals surface area contributed by atoms with Crippen LogP contribution in [0.25, 0.3) is 0 Å². The van der Waals surface area contributed by atoms with Crippen LogP contribution in [0.3, 0.4) is 0 Å². The molecule has 21 heteroatoms. The molecule has 33 heavy (non-hydrogen) atoms. The Morgan fingerprint density at radius 3 is 1.15 bits per heavy atom. The molecule has 0 aliphatic carbocycles. The van der Waals surface area contributed by atoms with Crippen LogP contribution in [0, 0.1) is 0 Å². The third-order valence-electron chi connectivity index (χ3n) is 3.91. The van der Waals surface area contributed by atoms with Crippen molar-refractivity contribution in [3.8, 4) is 0 Å². The molecule has 2 unspecified atom stereocenters. The van der Waals surface area contributed by atoms with E-state index in [1.54, 1.807) is 0 Å². The van der Waals surface area contributed by atoms with Crippen molar-refractivity contribution in [2.75, 3.05) is 0 Å². The van der Waals surface area contributed by atoms with Crippen LogP contribution in [-0.2, 0) is 0 Å². The molecule has 0 heterocycles. The highest BCUT2D eigenvalue weighted by molar-refractivity contribution is 6.30. The molecule has 0 aromatic rings. The van der Waals surface area contributed by atoms with Gasteiger partial charge in [0.1, 0.15) is 6.33 Å². The molecule has 0 aromatic carbocycles. The zero-order valence-corrected chi connectivity index (χ0v) is 14.9. The van der Waals surface area contributed by atoms with Gasteiger partial charge in [-0.3, -0.25) is 0 Å². The lowest BCUT2D eigenvalue weighted by molar-refractivity contribution is -0.456. The minimum absolute atomic E-state index is 1.60. The summed E-state index contributed by atoms with van der Waals surface area (Å²) in [6, 6.07) is 0. The van der Waals surface area contributed by atoms with Gasteiger partial charge in [-0.25, -0.2) is 26.3 Å². The average Bonchev–Trinajstić information content (AvgIpc) is 2.62. The molecule has 0 N–H and O–H groups in total. The van der Waals surface area contributed by atoms with Crippen molar-refractivity contribution in [1.82, 2.24) is 0 Å². The van der Waals surface area contributed by atoms with Crippen molar-refractivity contribution in [2.45, 2.75) is 60.0 Å². The molecule has 0 aromatic heterocycles. The summed E-state index contributed by atoms with van der Waals surface area (Å²) in [5.41, 5.74) is -17.6. The van der Waals surface area contributed by atoms with Crippen molar-refractivity contribution >= 4 is 11.6 Å². The molecule has 0 aliphatic heterocycles. The van der Waals surface area contributed by atoms with Crippen molar-refractivity contribution in [3.63, 3.8) is 0 Å². The number of hydrogen-bond donors (Lipinski definition) is 0.